The van der Waals surface area contributed by atoms with E-state index in [0.717, 1.165) is 22.8 Å². The smallest absolute Gasteiger partial charge is 0.319 e. The van der Waals surface area contributed by atoms with Crippen molar-refractivity contribution in [3.8, 4) is 28.5 Å². The Kier molecular flexibility index (Phi) is 6.90. The van der Waals surface area contributed by atoms with Gasteiger partial charge in [0.1, 0.15) is 29.7 Å². The van der Waals surface area contributed by atoms with Crippen molar-refractivity contribution in [2.75, 3.05) is 5.32 Å². The summed E-state index contributed by atoms with van der Waals surface area (Å²) in [7, 11) is 0. The van der Waals surface area contributed by atoms with Gasteiger partial charge in [-0.15, -0.1) is 0 Å². The summed E-state index contributed by atoms with van der Waals surface area (Å²) in [4.78, 5) is 19.5. The van der Waals surface area contributed by atoms with Crippen LogP contribution in [-0.2, 0) is 6.61 Å². The standard InChI is InChI=1S/C26H26N4O3/c1-18(2)28-26(31)29-20-10-14-23(15-11-20)33-22-12-8-19(9-13-22)24-16-27-25(30-24)17-32-21-6-4-3-5-7-21/h3-16,18H,17H2,1-2H3,(H,27,30)(H2,28,29,31). The summed E-state index contributed by atoms with van der Waals surface area (Å²) in [6.45, 7) is 4.19. The van der Waals surface area contributed by atoms with Gasteiger partial charge in [0.15, 0.2) is 0 Å². The number of para-hydroxylation sites is 1. The molecule has 168 valence electrons. The van der Waals surface area contributed by atoms with Gasteiger partial charge in [-0.25, -0.2) is 9.78 Å². The molecule has 2 amide bonds. The molecule has 4 rings (SSSR count). The number of hydrogen-bond donors (Lipinski definition) is 3. The number of nitrogens with zero attached hydrogens (tertiary/aromatic N) is 1. The lowest BCUT2D eigenvalue weighted by atomic mass is 10.1. The Hall–Kier alpha value is -4.26. The maximum Gasteiger partial charge on any atom is 0.319 e. The normalized spacial score (nSPS) is 10.6. The number of rotatable bonds is 8. The van der Waals surface area contributed by atoms with E-state index in [-0.39, 0.29) is 12.1 Å². The molecule has 7 heteroatoms. The Balaban J connectivity index is 1.32. The predicted molar refractivity (Wildman–Crippen MR) is 129 cm³/mol. The highest BCUT2D eigenvalue weighted by atomic mass is 16.5. The molecule has 0 aliphatic rings. The minimum absolute atomic E-state index is 0.0755. The van der Waals surface area contributed by atoms with Crippen molar-refractivity contribution in [1.82, 2.24) is 15.3 Å². The number of anilines is 1. The molecule has 0 atom stereocenters. The van der Waals surface area contributed by atoms with E-state index in [0.29, 0.717) is 23.8 Å². The van der Waals surface area contributed by atoms with Crippen molar-refractivity contribution in [3.05, 3.63) is 90.9 Å². The number of H-pyrrole nitrogens is 1. The Morgan fingerprint density at radius 2 is 1.58 bits per heavy atom. The fourth-order valence-electron chi connectivity index (χ4n) is 3.13. The topological polar surface area (TPSA) is 88.3 Å². The molecule has 0 aliphatic carbocycles. The van der Waals surface area contributed by atoms with Crippen LogP contribution in [-0.4, -0.2) is 22.0 Å². The van der Waals surface area contributed by atoms with Crippen LogP contribution in [0.3, 0.4) is 0 Å². The molecule has 1 heterocycles. The molecule has 33 heavy (non-hydrogen) atoms. The van der Waals surface area contributed by atoms with Crippen molar-refractivity contribution in [1.29, 1.82) is 0 Å². The van der Waals surface area contributed by atoms with Crippen LogP contribution in [0.1, 0.15) is 19.7 Å². The second-order valence-corrected chi connectivity index (χ2v) is 7.75. The molecule has 0 spiro atoms. The zero-order valence-electron chi connectivity index (χ0n) is 18.5. The van der Waals surface area contributed by atoms with Gasteiger partial charge in [-0.2, -0.15) is 0 Å². The number of ether oxygens (including phenoxy) is 2. The van der Waals surface area contributed by atoms with Crippen LogP contribution in [0.25, 0.3) is 11.3 Å². The van der Waals surface area contributed by atoms with Crippen LogP contribution in [0.2, 0.25) is 0 Å². The number of carbonyl (C=O) groups excluding carboxylic acids is 1. The van der Waals surface area contributed by atoms with Gasteiger partial charge in [-0.1, -0.05) is 18.2 Å². The molecular weight excluding hydrogens is 416 g/mol. The third-order valence-corrected chi connectivity index (χ3v) is 4.68. The third kappa shape index (κ3) is 6.36. The van der Waals surface area contributed by atoms with Gasteiger partial charge in [0, 0.05) is 11.7 Å². The molecule has 3 aromatic carbocycles. The van der Waals surface area contributed by atoms with Crippen molar-refractivity contribution in [2.24, 2.45) is 0 Å². The van der Waals surface area contributed by atoms with Gasteiger partial charge in [0.25, 0.3) is 0 Å². The van der Waals surface area contributed by atoms with Crippen molar-refractivity contribution in [3.63, 3.8) is 0 Å². The molecule has 7 nitrogen and oxygen atoms in total. The highest BCUT2D eigenvalue weighted by Crippen LogP contribution is 2.26. The molecule has 0 aliphatic heterocycles. The second-order valence-electron chi connectivity index (χ2n) is 7.75. The van der Waals surface area contributed by atoms with Crippen LogP contribution in [0.15, 0.2) is 85.1 Å². The molecule has 0 fully saturated rings. The van der Waals surface area contributed by atoms with Crippen molar-refractivity contribution < 1.29 is 14.3 Å². The van der Waals surface area contributed by atoms with E-state index in [1.54, 1.807) is 18.3 Å². The third-order valence-electron chi connectivity index (χ3n) is 4.68. The number of benzene rings is 3. The predicted octanol–water partition coefficient (Wildman–Crippen LogP) is 5.98. The van der Waals surface area contributed by atoms with E-state index < -0.39 is 0 Å². The Morgan fingerprint density at radius 1 is 0.909 bits per heavy atom. The number of amides is 2. The summed E-state index contributed by atoms with van der Waals surface area (Å²) in [5.41, 5.74) is 2.60. The zero-order chi connectivity index (χ0) is 23.0. The van der Waals surface area contributed by atoms with Gasteiger partial charge >= 0.3 is 6.03 Å². The monoisotopic (exact) mass is 442 g/mol. The average Bonchev–Trinajstić information content (AvgIpc) is 3.29. The minimum Gasteiger partial charge on any atom is -0.486 e. The summed E-state index contributed by atoms with van der Waals surface area (Å²) in [5, 5.41) is 5.57. The minimum atomic E-state index is -0.233. The summed E-state index contributed by atoms with van der Waals surface area (Å²) in [5.74, 6) is 2.95. The number of aromatic nitrogens is 2. The van der Waals surface area contributed by atoms with E-state index in [9.17, 15) is 4.79 Å². The first-order chi connectivity index (χ1) is 16.0. The Labute approximate surface area is 192 Å². The molecule has 0 saturated heterocycles. The van der Waals surface area contributed by atoms with Crippen LogP contribution in [0, 0.1) is 0 Å². The van der Waals surface area contributed by atoms with Crippen molar-refractivity contribution >= 4 is 11.7 Å². The fourth-order valence-corrected chi connectivity index (χ4v) is 3.13. The molecule has 0 radical (unpaired) electrons. The van der Waals surface area contributed by atoms with Crippen LogP contribution >= 0.6 is 0 Å². The maximum absolute atomic E-state index is 11.8. The van der Waals surface area contributed by atoms with Crippen LogP contribution < -0.4 is 20.1 Å². The fraction of sp³-hybridized carbons (Fsp3) is 0.154. The van der Waals surface area contributed by atoms with Gasteiger partial charge in [0.2, 0.25) is 0 Å². The van der Waals surface area contributed by atoms with Gasteiger partial charge in [-0.05, 0) is 80.1 Å². The lowest BCUT2D eigenvalue weighted by molar-refractivity contribution is 0.250. The van der Waals surface area contributed by atoms with Gasteiger partial charge in [0.05, 0.1) is 11.9 Å². The zero-order valence-corrected chi connectivity index (χ0v) is 18.5. The second kappa shape index (κ2) is 10.4. The average molecular weight is 443 g/mol. The highest BCUT2D eigenvalue weighted by Gasteiger charge is 2.06. The number of aromatic amines is 1. The van der Waals surface area contributed by atoms with E-state index in [1.807, 2.05) is 80.6 Å². The van der Waals surface area contributed by atoms with Gasteiger partial charge in [-0.3, -0.25) is 0 Å². The Morgan fingerprint density at radius 3 is 2.24 bits per heavy atom. The summed E-state index contributed by atoms with van der Waals surface area (Å²) in [6.07, 6.45) is 1.79. The first-order valence-corrected chi connectivity index (χ1v) is 10.7. The largest absolute Gasteiger partial charge is 0.486 e. The number of nitrogens with one attached hydrogen (secondary N) is 3. The summed E-state index contributed by atoms with van der Waals surface area (Å²) < 4.78 is 11.6. The van der Waals surface area contributed by atoms with E-state index in [2.05, 4.69) is 20.6 Å². The quantitative estimate of drug-likeness (QED) is 0.313. The highest BCUT2D eigenvalue weighted by molar-refractivity contribution is 5.89. The lowest BCUT2D eigenvalue weighted by Crippen LogP contribution is -2.34. The van der Waals surface area contributed by atoms with E-state index in [4.69, 9.17) is 9.47 Å². The molecule has 4 aromatic rings. The van der Waals surface area contributed by atoms with E-state index >= 15 is 0 Å². The summed E-state index contributed by atoms with van der Waals surface area (Å²) in [6, 6.07) is 24.5. The maximum atomic E-state index is 11.8. The number of hydrogen-bond acceptors (Lipinski definition) is 4. The number of carbonyl (C=O) groups is 1. The molecule has 0 bridgehead atoms. The molecule has 0 unspecified atom stereocenters. The van der Waals surface area contributed by atoms with Crippen molar-refractivity contribution in [2.45, 2.75) is 26.5 Å². The van der Waals surface area contributed by atoms with Gasteiger partial charge < -0.3 is 25.1 Å². The molecule has 3 N–H and O–H groups in total. The Bertz CT molecular complexity index is 1170. The first-order valence-electron chi connectivity index (χ1n) is 10.7. The van der Waals surface area contributed by atoms with Crippen LogP contribution in [0.5, 0.6) is 17.2 Å². The summed E-state index contributed by atoms with van der Waals surface area (Å²) >= 11 is 0. The SMILES string of the molecule is CC(C)NC(=O)Nc1ccc(Oc2ccc(-c3cnc(COc4ccccc4)[nH]3)cc2)cc1. The molecular formula is C26H26N4O3. The molecule has 0 saturated carbocycles. The lowest BCUT2D eigenvalue weighted by Gasteiger charge is -2.11. The number of imidazole rings is 1. The van der Waals surface area contributed by atoms with Crippen LogP contribution in [0.4, 0.5) is 10.5 Å². The van der Waals surface area contributed by atoms with E-state index in [1.165, 1.54) is 0 Å². The number of urea groups is 1. The first kappa shape index (κ1) is 22.0. The molecule has 1 aromatic heterocycles.